The van der Waals surface area contributed by atoms with Crippen molar-refractivity contribution in [3.63, 3.8) is 0 Å². The number of likely N-dealkylation sites (tertiary alicyclic amines) is 1. The van der Waals surface area contributed by atoms with Gasteiger partial charge in [-0.2, -0.15) is 0 Å². The van der Waals surface area contributed by atoms with Crippen molar-refractivity contribution in [1.29, 1.82) is 0 Å². The Labute approximate surface area is 137 Å². The van der Waals surface area contributed by atoms with Crippen molar-refractivity contribution >= 4 is 6.09 Å². The second kappa shape index (κ2) is 8.62. The van der Waals surface area contributed by atoms with Crippen LogP contribution in [0.4, 0.5) is 4.79 Å². The summed E-state index contributed by atoms with van der Waals surface area (Å²) in [5.41, 5.74) is 1.10. The smallest absolute Gasteiger partial charge is 0.406 e. The molecule has 0 spiro atoms. The van der Waals surface area contributed by atoms with Crippen LogP contribution in [0.25, 0.3) is 0 Å². The van der Waals surface area contributed by atoms with E-state index in [2.05, 4.69) is 10.2 Å². The lowest BCUT2D eigenvalue weighted by Gasteiger charge is -2.35. The SMILES string of the molecule is COC(=O)NCC(c1ccc(OC)c(OC)c1)N1CCCCC1. The third kappa shape index (κ3) is 4.51. The molecule has 0 aliphatic carbocycles. The number of alkyl carbamates (subject to hydrolysis) is 1. The maximum atomic E-state index is 11.5. The summed E-state index contributed by atoms with van der Waals surface area (Å²) in [5, 5.41) is 2.82. The summed E-state index contributed by atoms with van der Waals surface area (Å²) >= 11 is 0. The van der Waals surface area contributed by atoms with Crippen molar-refractivity contribution in [1.82, 2.24) is 10.2 Å². The van der Waals surface area contributed by atoms with Gasteiger partial charge in [0.1, 0.15) is 0 Å². The number of amides is 1. The van der Waals surface area contributed by atoms with E-state index in [0.29, 0.717) is 18.0 Å². The van der Waals surface area contributed by atoms with Crippen LogP contribution in [0.1, 0.15) is 30.9 Å². The molecule has 0 saturated carbocycles. The zero-order chi connectivity index (χ0) is 16.7. The number of hydrogen-bond donors (Lipinski definition) is 1. The highest BCUT2D eigenvalue weighted by Gasteiger charge is 2.24. The largest absolute Gasteiger partial charge is 0.493 e. The molecule has 1 saturated heterocycles. The van der Waals surface area contributed by atoms with Gasteiger partial charge in [0.2, 0.25) is 0 Å². The molecule has 1 aromatic carbocycles. The Morgan fingerprint density at radius 2 is 1.83 bits per heavy atom. The molecular formula is C17H26N2O4. The first kappa shape index (κ1) is 17.4. The number of ether oxygens (including phenoxy) is 3. The van der Waals surface area contributed by atoms with E-state index >= 15 is 0 Å². The molecule has 1 fully saturated rings. The van der Waals surface area contributed by atoms with Crippen molar-refractivity contribution in [3.05, 3.63) is 23.8 Å². The highest BCUT2D eigenvalue weighted by Crippen LogP contribution is 2.32. The molecule has 0 aromatic heterocycles. The molecule has 1 unspecified atom stereocenters. The molecule has 1 aliphatic heterocycles. The summed E-state index contributed by atoms with van der Waals surface area (Å²) in [7, 11) is 4.63. The summed E-state index contributed by atoms with van der Waals surface area (Å²) in [6.07, 6.45) is 3.22. The minimum atomic E-state index is -0.410. The third-order valence-electron chi connectivity index (χ3n) is 4.25. The van der Waals surface area contributed by atoms with Crippen molar-refractivity contribution < 1.29 is 19.0 Å². The van der Waals surface area contributed by atoms with Crippen LogP contribution in [0.3, 0.4) is 0 Å². The first-order valence-electron chi connectivity index (χ1n) is 7.97. The molecule has 6 nitrogen and oxygen atoms in total. The van der Waals surface area contributed by atoms with Crippen LogP contribution in [0.2, 0.25) is 0 Å². The van der Waals surface area contributed by atoms with Crippen LogP contribution >= 0.6 is 0 Å². The van der Waals surface area contributed by atoms with Crippen LogP contribution in [-0.4, -0.2) is 52.0 Å². The number of hydrogen-bond acceptors (Lipinski definition) is 5. The minimum Gasteiger partial charge on any atom is -0.493 e. The fourth-order valence-electron chi connectivity index (χ4n) is 3.00. The lowest BCUT2D eigenvalue weighted by molar-refractivity contribution is 0.145. The van der Waals surface area contributed by atoms with Gasteiger partial charge < -0.3 is 19.5 Å². The van der Waals surface area contributed by atoms with E-state index in [1.165, 1.54) is 26.4 Å². The molecule has 6 heteroatoms. The average Bonchev–Trinajstić information content (AvgIpc) is 2.62. The van der Waals surface area contributed by atoms with Crippen molar-refractivity contribution in [3.8, 4) is 11.5 Å². The van der Waals surface area contributed by atoms with Gasteiger partial charge in [-0.15, -0.1) is 0 Å². The van der Waals surface area contributed by atoms with E-state index in [9.17, 15) is 4.79 Å². The van der Waals surface area contributed by atoms with Crippen molar-refractivity contribution in [2.75, 3.05) is 41.0 Å². The van der Waals surface area contributed by atoms with Crippen LogP contribution < -0.4 is 14.8 Å². The molecule has 1 aliphatic rings. The van der Waals surface area contributed by atoms with Gasteiger partial charge >= 0.3 is 6.09 Å². The molecule has 2 rings (SSSR count). The van der Waals surface area contributed by atoms with Crippen LogP contribution in [0, 0.1) is 0 Å². The second-order valence-electron chi connectivity index (χ2n) is 5.60. The van der Waals surface area contributed by atoms with Gasteiger partial charge in [-0.05, 0) is 43.6 Å². The Balaban J connectivity index is 2.22. The number of rotatable bonds is 6. The summed E-state index contributed by atoms with van der Waals surface area (Å²) in [5.74, 6) is 1.40. The Bertz CT molecular complexity index is 515. The van der Waals surface area contributed by atoms with Gasteiger partial charge in [-0.25, -0.2) is 4.79 Å². The predicted octanol–water partition coefficient (Wildman–Crippen LogP) is 2.59. The summed E-state index contributed by atoms with van der Waals surface area (Å²) in [4.78, 5) is 13.9. The van der Waals surface area contributed by atoms with E-state index in [4.69, 9.17) is 14.2 Å². The van der Waals surface area contributed by atoms with Gasteiger partial charge in [0, 0.05) is 6.54 Å². The average molecular weight is 322 g/mol. The molecule has 23 heavy (non-hydrogen) atoms. The molecule has 1 atom stereocenters. The van der Waals surface area contributed by atoms with Crippen LogP contribution in [0.15, 0.2) is 18.2 Å². The number of methoxy groups -OCH3 is 3. The summed E-state index contributed by atoms with van der Waals surface area (Å²) < 4.78 is 15.4. The van der Waals surface area contributed by atoms with E-state index in [-0.39, 0.29) is 6.04 Å². The maximum absolute atomic E-state index is 11.5. The van der Waals surface area contributed by atoms with E-state index in [1.54, 1.807) is 14.2 Å². The van der Waals surface area contributed by atoms with Crippen LogP contribution in [0.5, 0.6) is 11.5 Å². The number of piperidine rings is 1. The summed E-state index contributed by atoms with van der Waals surface area (Å²) in [6, 6.07) is 6.01. The third-order valence-corrected chi connectivity index (χ3v) is 4.25. The van der Waals surface area contributed by atoms with Crippen molar-refractivity contribution in [2.45, 2.75) is 25.3 Å². The number of nitrogens with one attached hydrogen (secondary N) is 1. The number of carbonyl (C=O) groups excluding carboxylic acids is 1. The molecule has 0 bridgehead atoms. The highest BCUT2D eigenvalue weighted by atomic mass is 16.5. The van der Waals surface area contributed by atoms with Gasteiger partial charge in [-0.3, -0.25) is 4.90 Å². The Morgan fingerprint density at radius 1 is 1.13 bits per heavy atom. The van der Waals surface area contributed by atoms with Gasteiger partial charge in [0.05, 0.1) is 27.4 Å². The maximum Gasteiger partial charge on any atom is 0.406 e. The second-order valence-corrected chi connectivity index (χ2v) is 5.60. The first-order valence-corrected chi connectivity index (χ1v) is 7.97. The van der Waals surface area contributed by atoms with E-state index < -0.39 is 6.09 Å². The Kier molecular flexibility index (Phi) is 6.52. The van der Waals surface area contributed by atoms with Gasteiger partial charge in [0.25, 0.3) is 0 Å². The van der Waals surface area contributed by atoms with E-state index in [0.717, 1.165) is 18.7 Å². The van der Waals surface area contributed by atoms with Gasteiger partial charge in [-0.1, -0.05) is 12.5 Å². The van der Waals surface area contributed by atoms with Crippen molar-refractivity contribution in [2.24, 2.45) is 0 Å². The first-order chi connectivity index (χ1) is 11.2. The lowest BCUT2D eigenvalue weighted by atomic mass is 10.0. The number of nitrogens with zero attached hydrogens (tertiary/aromatic N) is 1. The molecule has 1 N–H and O–H groups in total. The lowest BCUT2D eigenvalue weighted by Crippen LogP contribution is -2.40. The molecule has 0 radical (unpaired) electrons. The molecule has 1 aromatic rings. The normalized spacial score (nSPS) is 16.5. The Hall–Kier alpha value is -1.95. The fraction of sp³-hybridized carbons (Fsp3) is 0.588. The number of carbonyl (C=O) groups is 1. The molecule has 1 heterocycles. The zero-order valence-electron chi connectivity index (χ0n) is 14.1. The quantitative estimate of drug-likeness (QED) is 0.872. The minimum absolute atomic E-state index is 0.0919. The van der Waals surface area contributed by atoms with Gasteiger partial charge in [0.15, 0.2) is 11.5 Å². The fourth-order valence-corrected chi connectivity index (χ4v) is 3.00. The highest BCUT2D eigenvalue weighted by molar-refractivity contribution is 5.66. The monoisotopic (exact) mass is 322 g/mol. The topological polar surface area (TPSA) is 60.0 Å². The predicted molar refractivity (Wildman–Crippen MR) is 88.1 cm³/mol. The summed E-state index contributed by atoms with van der Waals surface area (Å²) in [6.45, 7) is 2.56. The zero-order valence-corrected chi connectivity index (χ0v) is 14.1. The van der Waals surface area contributed by atoms with E-state index in [1.807, 2.05) is 18.2 Å². The molecule has 1 amide bonds. The Morgan fingerprint density at radius 3 is 2.43 bits per heavy atom. The number of benzene rings is 1. The standard InChI is InChI=1S/C17H26N2O4/c1-21-15-8-7-13(11-16(15)22-2)14(12-18-17(20)23-3)19-9-5-4-6-10-19/h7-8,11,14H,4-6,9-10,12H2,1-3H3,(H,18,20). The van der Waals surface area contributed by atoms with Crippen LogP contribution in [-0.2, 0) is 4.74 Å². The molecule has 128 valence electrons. The molecular weight excluding hydrogens is 296 g/mol.